The molecule has 0 atom stereocenters. The molecule has 8 nitrogen and oxygen atoms in total. The van der Waals surface area contributed by atoms with Crippen molar-refractivity contribution in [3.8, 4) is 0 Å². The molecule has 2 aliphatic rings. The summed E-state index contributed by atoms with van der Waals surface area (Å²) in [6.07, 6.45) is 2.75. The van der Waals surface area contributed by atoms with E-state index in [1.807, 2.05) is 10.7 Å². The number of carbonyl (C=O) groups is 1. The molecule has 1 fully saturated rings. The maximum atomic E-state index is 12.1. The van der Waals surface area contributed by atoms with Crippen molar-refractivity contribution in [2.24, 2.45) is 0 Å². The molecule has 1 aromatic rings. The van der Waals surface area contributed by atoms with Crippen molar-refractivity contribution in [2.45, 2.75) is 38.8 Å². The fourth-order valence-corrected chi connectivity index (χ4v) is 4.55. The molecule has 0 aliphatic carbocycles. The van der Waals surface area contributed by atoms with Crippen LogP contribution in [0, 0.1) is 0 Å². The molecule has 0 bridgehead atoms. The molecule has 0 saturated carbocycles. The number of hydrogen-bond acceptors (Lipinski definition) is 5. The van der Waals surface area contributed by atoms with Gasteiger partial charge in [-0.25, -0.2) is 12.7 Å². The zero-order valence-corrected chi connectivity index (χ0v) is 15.9. The third-order valence-electron chi connectivity index (χ3n) is 4.47. The molecule has 2 N–H and O–H groups in total. The Morgan fingerprint density at radius 1 is 1.28 bits per heavy atom. The van der Waals surface area contributed by atoms with Crippen LogP contribution in [0.5, 0.6) is 0 Å². The first-order chi connectivity index (χ1) is 11.5. The van der Waals surface area contributed by atoms with Gasteiger partial charge in [0.25, 0.3) is 0 Å². The quantitative estimate of drug-likeness (QED) is 0.675. The second-order valence-corrected chi connectivity index (χ2v) is 8.39. The highest BCUT2D eigenvalue weighted by Crippen LogP contribution is 2.12. The second-order valence-electron chi connectivity index (χ2n) is 6.30. The van der Waals surface area contributed by atoms with Gasteiger partial charge in [0.1, 0.15) is 0 Å². The van der Waals surface area contributed by atoms with E-state index in [-0.39, 0.29) is 30.6 Å². The summed E-state index contributed by atoms with van der Waals surface area (Å²) < 4.78 is 27.6. The van der Waals surface area contributed by atoms with Gasteiger partial charge in [0.2, 0.25) is 15.9 Å². The monoisotopic (exact) mass is 391 g/mol. The molecule has 0 aromatic carbocycles. The number of fused-ring (bicyclic) bond motifs is 1. The van der Waals surface area contributed by atoms with Crippen molar-refractivity contribution in [1.82, 2.24) is 24.7 Å². The molecule has 0 spiro atoms. The molecule has 0 radical (unpaired) electrons. The highest BCUT2D eigenvalue weighted by Gasteiger charge is 2.24. The average Bonchev–Trinajstić information content (AvgIpc) is 3.22. The Morgan fingerprint density at radius 3 is 2.76 bits per heavy atom. The van der Waals surface area contributed by atoms with Gasteiger partial charge in [0.05, 0.1) is 23.7 Å². The number of rotatable bonds is 7. The lowest BCUT2D eigenvalue weighted by atomic mass is 10.2. The normalized spacial score (nSPS) is 17.8. The van der Waals surface area contributed by atoms with E-state index in [0.29, 0.717) is 25.9 Å². The first-order valence-corrected chi connectivity index (χ1v) is 10.2. The Morgan fingerprint density at radius 2 is 2.04 bits per heavy atom. The highest BCUT2D eigenvalue weighted by molar-refractivity contribution is 7.89. The van der Waals surface area contributed by atoms with Crippen LogP contribution in [0.1, 0.15) is 30.7 Å². The Bertz CT molecular complexity index is 662. The summed E-state index contributed by atoms with van der Waals surface area (Å²) in [5, 5.41) is 10.5. The molecule has 1 amide bonds. The maximum Gasteiger partial charge on any atom is 0.220 e. The van der Waals surface area contributed by atoms with E-state index >= 15 is 0 Å². The van der Waals surface area contributed by atoms with Crippen LogP contribution in [0.3, 0.4) is 0 Å². The van der Waals surface area contributed by atoms with Crippen LogP contribution in [-0.4, -0.2) is 60.3 Å². The van der Waals surface area contributed by atoms with Crippen LogP contribution in [0.15, 0.2) is 6.07 Å². The number of sulfonamides is 1. The van der Waals surface area contributed by atoms with Crippen molar-refractivity contribution >= 4 is 28.3 Å². The summed E-state index contributed by atoms with van der Waals surface area (Å²) in [5.41, 5.74) is 2.06. The van der Waals surface area contributed by atoms with E-state index in [2.05, 4.69) is 15.7 Å². The van der Waals surface area contributed by atoms with Gasteiger partial charge in [0, 0.05) is 45.6 Å². The third kappa shape index (κ3) is 5.40. The molecule has 3 rings (SSSR count). The molecule has 142 valence electrons. The Balaban J connectivity index is 0.00000225. The molecule has 0 unspecified atom stereocenters. The number of halogens is 1. The molecule has 10 heteroatoms. The van der Waals surface area contributed by atoms with Gasteiger partial charge in [-0.2, -0.15) is 5.10 Å². The lowest BCUT2D eigenvalue weighted by molar-refractivity contribution is -0.120. The van der Waals surface area contributed by atoms with Gasteiger partial charge in [-0.3, -0.25) is 9.48 Å². The number of amides is 1. The smallest absolute Gasteiger partial charge is 0.220 e. The fourth-order valence-electron chi connectivity index (χ4n) is 3.12. The average molecular weight is 392 g/mol. The lowest BCUT2D eigenvalue weighted by Gasteiger charge is -2.15. The van der Waals surface area contributed by atoms with Crippen LogP contribution in [-0.2, 0) is 34.3 Å². The Labute approximate surface area is 154 Å². The van der Waals surface area contributed by atoms with Crippen molar-refractivity contribution in [1.29, 1.82) is 0 Å². The molecular formula is C15H26ClN5O3S. The van der Waals surface area contributed by atoms with Crippen molar-refractivity contribution in [3.63, 3.8) is 0 Å². The third-order valence-corrected chi connectivity index (χ3v) is 6.34. The van der Waals surface area contributed by atoms with Gasteiger partial charge < -0.3 is 10.6 Å². The predicted molar refractivity (Wildman–Crippen MR) is 97.1 cm³/mol. The molecular weight excluding hydrogens is 366 g/mol. The topological polar surface area (TPSA) is 96.3 Å². The minimum atomic E-state index is -3.23. The number of nitrogens with one attached hydrogen (secondary N) is 2. The summed E-state index contributed by atoms with van der Waals surface area (Å²) in [4.78, 5) is 11.9. The number of nitrogens with zero attached hydrogens (tertiary/aromatic N) is 3. The molecule has 3 heterocycles. The summed E-state index contributed by atoms with van der Waals surface area (Å²) in [5.74, 6) is -0.154. The summed E-state index contributed by atoms with van der Waals surface area (Å²) >= 11 is 0. The summed E-state index contributed by atoms with van der Waals surface area (Å²) in [6.45, 7) is 3.97. The standard InChI is InChI=1S/C15H25N5O3S.ClH/c21-15(17-6-10-24(22,23)19-7-1-2-8-19)4-3-13-11-14-12-16-5-9-20(14)18-13;/h11,16H,1-10,12H2,(H,17,21);1H. The van der Waals surface area contributed by atoms with Crippen molar-refractivity contribution in [3.05, 3.63) is 17.5 Å². The van der Waals surface area contributed by atoms with Gasteiger partial charge >= 0.3 is 0 Å². The SMILES string of the molecule is Cl.O=C(CCc1cc2n(n1)CCNC2)NCCS(=O)(=O)N1CCCC1. The Hall–Kier alpha value is -1.16. The molecule has 2 aliphatic heterocycles. The first-order valence-electron chi connectivity index (χ1n) is 8.55. The fraction of sp³-hybridized carbons (Fsp3) is 0.733. The van der Waals surface area contributed by atoms with Crippen LogP contribution in [0.2, 0.25) is 0 Å². The van der Waals surface area contributed by atoms with Gasteiger partial charge in [-0.05, 0) is 18.9 Å². The van der Waals surface area contributed by atoms with E-state index in [1.165, 1.54) is 4.31 Å². The molecule has 1 aromatic heterocycles. The lowest BCUT2D eigenvalue weighted by Crippen LogP contribution is -2.36. The molecule has 25 heavy (non-hydrogen) atoms. The van der Waals surface area contributed by atoms with Crippen LogP contribution >= 0.6 is 12.4 Å². The minimum absolute atomic E-state index is 0. The first kappa shape index (κ1) is 20.2. The van der Waals surface area contributed by atoms with Gasteiger partial charge in [-0.15, -0.1) is 12.4 Å². The second kappa shape index (κ2) is 8.98. The number of carbonyl (C=O) groups excluding carboxylic acids is 1. The minimum Gasteiger partial charge on any atom is -0.355 e. The summed E-state index contributed by atoms with van der Waals surface area (Å²) in [6, 6.07) is 2.03. The zero-order chi connectivity index (χ0) is 17.0. The summed E-state index contributed by atoms with van der Waals surface area (Å²) in [7, 11) is -3.23. The predicted octanol–water partition coefficient (Wildman–Crippen LogP) is -0.117. The highest BCUT2D eigenvalue weighted by atomic mass is 35.5. The van der Waals surface area contributed by atoms with E-state index in [0.717, 1.165) is 43.9 Å². The van der Waals surface area contributed by atoms with Crippen LogP contribution in [0.4, 0.5) is 0 Å². The van der Waals surface area contributed by atoms with Gasteiger partial charge in [0.15, 0.2) is 0 Å². The zero-order valence-electron chi connectivity index (χ0n) is 14.2. The van der Waals surface area contributed by atoms with Crippen molar-refractivity contribution in [2.75, 3.05) is 31.9 Å². The Kier molecular flexibility index (Phi) is 7.24. The van der Waals surface area contributed by atoms with Gasteiger partial charge in [-0.1, -0.05) is 0 Å². The van der Waals surface area contributed by atoms with Crippen LogP contribution < -0.4 is 10.6 Å². The van der Waals surface area contributed by atoms with E-state index in [1.54, 1.807) is 0 Å². The van der Waals surface area contributed by atoms with E-state index in [4.69, 9.17) is 0 Å². The maximum absolute atomic E-state index is 12.1. The van der Waals surface area contributed by atoms with Crippen molar-refractivity contribution < 1.29 is 13.2 Å². The van der Waals surface area contributed by atoms with Crippen LogP contribution in [0.25, 0.3) is 0 Å². The largest absolute Gasteiger partial charge is 0.355 e. The number of hydrogen-bond donors (Lipinski definition) is 2. The molecule has 1 saturated heterocycles. The van der Waals surface area contributed by atoms with E-state index in [9.17, 15) is 13.2 Å². The number of aryl methyl sites for hydroxylation is 1. The van der Waals surface area contributed by atoms with E-state index < -0.39 is 10.0 Å². The number of aromatic nitrogens is 2.